The standard InChI is InChI=1S/C23H24O4.C6H10O2/c1-18(2)15-16-26-23(25)17-27-22-13-9-20(10-14-22)6-4-3-5-19-7-11-21(24)12-8-19;1-4-8-6(7)5(2)3/h3-15,24H,16-17H2,1-2H3;2,4H2,1,3H3. The van der Waals surface area contributed by atoms with E-state index in [1.807, 2.05) is 80.6 Å². The van der Waals surface area contributed by atoms with E-state index >= 15 is 0 Å². The minimum absolute atomic E-state index is 0.110. The molecule has 0 heterocycles. The van der Waals surface area contributed by atoms with Crippen LogP contribution in [0.25, 0.3) is 12.2 Å². The van der Waals surface area contributed by atoms with Gasteiger partial charge in [-0.15, -0.1) is 0 Å². The van der Waals surface area contributed by atoms with Crippen molar-refractivity contribution in [3.05, 3.63) is 95.6 Å². The van der Waals surface area contributed by atoms with Crippen molar-refractivity contribution in [2.75, 3.05) is 19.8 Å². The van der Waals surface area contributed by atoms with E-state index in [-0.39, 0.29) is 24.9 Å². The van der Waals surface area contributed by atoms with Crippen LogP contribution in [0.15, 0.2) is 84.5 Å². The molecule has 0 atom stereocenters. The minimum Gasteiger partial charge on any atom is -0.508 e. The lowest BCUT2D eigenvalue weighted by Gasteiger charge is -2.06. The number of hydrogen-bond donors (Lipinski definition) is 1. The number of hydrogen-bond acceptors (Lipinski definition) is 6. The lowest BCUT2D eigenvalue weighted by Crippen LogP contribution is -2.14. The SMILES string of the molecule is C=C(C)C(=O)OCC.CC(C)=CCOC(=O)COc1ccc(C=CC=Cc2ccc(O)cc2)cc1. The average molecular weight is 479 g/mol. The van der Waals surface area contributed by atoms with Crippen LogP contribution in [-0.2, 0) is 19.1 Å². The maximum absolute atomic E-state index is 11.6. The van der Waals surface area contributed by atoms with Crippen molar-refractivity contribution in [3.8, 4) is 11.5 Å². The van der Waals surface area contributed by atoms with Crippen molar-refractivity contribution in [1.29, 1.82) is 0 Å². The van der Waals surface area contributed by atoms with Gasteiger partial charge in [0.25, 0.3) is 0 Å². The van der Waals surface area contributed by atoms with E-state index in [0.717, 1.165) is 16.7 Å². The van der Waals surface area contributed by atoms with Gasteiger partial charge in [0.05, 0.1) is 6.61 Å². The quantitative estimate of drug-likeness (QED) is 0.191. The topological polar surface area (TPSA) is 82.1 Å². The number of carbonyl (C=O) groups excluding carboxylic acids is 2. The molecule has 0 saturated carbocycles. The first-order chi connectivity index (χ1) is 16.7. The van der Waals surface area contributed by atoms with Crippen LogP contribution in [0, 0.1) is 0 Å². The molecule has 0 unspecified atom stereocenters. The van der Waals surface area contributed by atoms with E-state index in [9.17, 15) is 14.7 Å². The number of esters is 2. The Labute approximate surface area is 207 Å². The van der Waals surface area contributed by atoms with Crippen LogP contribution in [0.1, 0.15) is 38.8 Å². The summed E-state index contributed by atoms with van der Waals surface area (Å²) in [4.78, 5) is 22.0. The zero-order valence-corrected chi connectivity index (χ0v) is 20.8. The van der Waals surface area contributed by atoms with Crippen LogP contribution in [0.2, 0.25) is 0 Å². The van der Waals surface area contributed by atoms with Gasteiger partial charge in [-0.1, -0.05) is 60.7 Å². The summed E-state index contributed by atoms with van der Waals surface area (Å²) in [6, 6.07) is 14.4. The second-order valence-corrected chi connectivity index (χ2v) is 7.63. The van der Waals surface area contributed by atoms with Gasteiger partial charge in [0.2, 0.25) is 0 Å². The molecule has 2 aromatic rings. The highest BCUT2D eigenvalue weighted by Crippen LogP contribution is 2.14. The van der Waals surface area contributed by atoms with Gasteiger partial charge in [-0.05, 0) is 69.2 Å². The number of phenols is 1. The van der Waals surface area contributed by atoms with Crippen LogP contribution >= 0.6 is 0 Å². The normalized spacial score (nSPS) is 10.3. The van der Waals surface area contributed by atoms with Crippen LogP contribution in [0.4, 0.5) is 0 Å². The highest BCUT2D eigenvalue weighted by atomic mass is 16.6. The Hall–Kier alpha value is -4.06. The Morgan fingerprint density at radius 3 is 1.89 bits per heavy atom. The second kappa shape index (κ2) is 16.5. The molecule has 0 aromatic heterocycles. The number of benzene rings is 2. The van der Waals surface area contributed by atoms with E-state index in [1.165, 1.54) is 0 Å². The smallest absolute Gasteiger partial charge is 0.344 e. The molecule has 6 heteroatoms. The molecular weight excluding hydrogens is 444 g/mol. The summed E-state index contributed by atoms with van der Waals surface area (Å²) in [6.07, 6.45) is 9.63. The number of aromatic hydroxyl groups is 1. The Morgan fingerprint density at radius 2 is 1.43 bits per heavy atom. The highest BCUT2D eigenvalue weighted by molar-refractivity contribution is 5.86. The maximum atomic E-state index is 11.6. The van der Waals surface area contributed by atoms with Crippen molar-refractivity contribution in [2.24, 2.45) is 0 Å². The number of carbonyl (C=O) groups is 2. The molecular formula is C29H34O6. The van der Waals surface area contributed by atoms with E-state index in [2.05, 4.69) is 11.3 Å². The molecule has 35 heavy (non-hydrogen) atoms. The molecule has 0 radical (unpaired) electrons. The first-order valence-electron chi connectivity index (χ1n) is 11.2. The van der Waals surface area contributed by atoms with Gasteiger partial charge < -0.3 is 19.3 Å². The van der Waals surface area contributed by atoms with Gasteiger partial charge in [-0.25, -0.2) is 9.59 Å². The van der Waals surface area contributed by atoms with E-state index in [0.29, 0.717) is 17.9 Å². The molecule has 2 aromatic carbocycles. The Kier molecular flexibility index (Phi) is 13.7. The molecule has 186 valence electrons. The largest absolute Gasteiger partial charge is 0.508 e. The maximum Gasteiger partial charge on any atom is 0.344 e. The summed E-state index contributed by atoms with van der Waals surface area (Å²) in [6.45, 7) is 11.3. The van der Waals surface area contributed by atoms with Crippen molar-refractivity contribution in [1.82, 2.24) is 0 Å². The van der Waals surface area contributed by atoms with Crippen LogP contribution in [0.3, 0.4) is 0 Å². The van der Waals surface area contributed by atoms with Crippen molar-refractivity contribution in [3.63, 3.8) is 0 Å². The molecule has 0 saturated heterocycles. The molecule has 0 spiro atoms. The summed E-state index contributed by atoms with van der Waals surface area (Å²) in [7, 11) is 0. The van der Waals surface area contributed by atoms with Crippen molar-refractivity contribution >= 4 is 24.1 Å². The van der Waals surface area contributed by atoms with Crippen LogP contribution < -0.4 is 4.74 Å². The zero-order chi connectivity index (χ0) is 26.1. The van der Waals surface area contributed by atoms with E-state index in [4.69, 9.17) is 9.47 Å². The number of phenolic OH excluding ortho intramolecular Hbond substituents is 1. The average Bonchev–Trinajstić information content (AvgIpc) is 2.82. The van der Waals surface area contributed by atoms with Gasteiger partial charge in [0, 0.05) is 5.57 Å². The summed E-state index contributed by atoms with van der Waals surface area (Å²) in [5, 5.41) is 9.25. The van der Waals surface area contributed by atoms with Gasteiger partial charge in [0.15, 0.2) is 6.61 Å². The van der Waals surface area contributed by atoms with Crippen LogP contribution in [0.5, 0.6) is 11.5 Å². The third-order valence-corrected chi connectivity index (χ3v) is 4.18. The first-order valence-corrected chi connectivity index (χ1v) is 11.2. The predicted molar refractivity (Wildman–Crippen MR) is 140 cm³/mol. The summed E-state index contributed by atoms with van der Waals surface area (Å²) >= 11 is 0. The Morgan fingerprint density at radius 1 is 0.886 bits per heavy atom. The summed E-state index contributed by atoms with van der Waals surface area (Å²) in [5.74, 6) is 0.167. The van der Waals surface area contributed by atoms with Gasteiger partial charge in [0.1, 0.15) is 18.1 Å². The van der Waals surface area contributed by atoms with Crippen molar-refractivity contribution < 1.29 is 28.9 Å². The monoisotopic (exact) mass is 478 g/mol. The number of allylic oxidation sites excluding steroid dienone is 3. The molecule has 0 bridgehead atoms. The number of ether oxygens (including phenoxy) is 3. The van der Waals surface area contributed by atoms with Crippen molar-refractivity contribution in [2.45, 2.75) is 27.7 Å². The predicted octanol–water partition coefficient (Wildman–Crippen LogP) is 6.13. The molecule has 0 amide bonds. The molecule has 0 fully saturated rings. The van der Waals surface area contributed by atoms with Gasteiger partial charge in [-0.2, -0.15) is 0 Å². The fourth-order valence-corrected chi connectivity index (χ4v) is 2.33. The first kappa shape index (κ1) is 29.0. The highest BCUT2D eigenvalue weighted by Gasteiger charge is 2.03. The second-order valence-electron chi connectivity index (χ2n) is 7.63. The Bertz CT molecular complexity index is 1020. The lowest BCUT2D eigenvalue weighted by molar-refractivity contribution is -0.144. The lowest BCUT2D eigenvalue weighted by atomic mass is 10.2. The molecule has 1 N–H and O–H groups in total. The van der Waals surface area contributed by atoms with Crippen LogP contribution in [-0.4, -0.2) is 36.9 Å². The van der Waals surface area contributed by atoms with E-state index in [1.54, 1.807) is 26.0 Å². The Balaban J connectivity index is 0.000000658. The number of rotatable bonds is 10. The molecule has 0 aliphatic carbocycles. The van der Waals surface area contributed by atoms with Gasteiger partial charge in [-0.3, -0.25) is 0 Å². The fraction of sp³-hybridized carbons (Fsp3) is 0.241. The zero-order valence-electron chi connectivity index (χ0n) is 20.8. The third-order valence-electron chi connectivity index (χ3n) is 4.18. The molecule has 2 rings (SSSR count). The molecule has 6 nitrogen and oxygen atoms in total. The van der Waals surface area contributed by atoms with E-state index < -0.39 is 5.97 Å². The van der Waals surface area contributed by atoms with Gasteiger partial charge >= 0.3 is 11.9 Å². The summed E-state index contributed by atoms with van der Waals surface area (Å²) in [5.41, 5.74) is 3.58. The fourth-order valence-electron chi connectivity index (χ4n) is 2.33. The minimum atomic E-state index is -0.393. The molecule has 0 aliphatic rings. The summed E-state index contributed by atoms with van der Waals surface area (Å²) < 4.78 is 15.0. The third kappa shape index (κ3) is 13.9. The molecule has 0 aliphatic heterocycles.